The highest BCUT2D eigenvalue weighted by Gasteiger charge is 2.28. The van der Waals surface area contributed by atoms with Crippen LogP contribution >= 0.6 is 0 Å². The minimum absolute atomic E-state index is 0.708. The fraction of sp³-hybridized carbons (Fsp3) is 1.00. The Kier molecular flexibility index (Phi) is 4.28. The van der Waals surface area contributed by atoms with Crippen LogP contribution < -0.4 is 0 Å². The molecule has 0 bridgehead atoms. The quantitative estimate of drug-likeness (QED) is 0.576. The summed E-state index contributed by atoms with van der Waals surface area (Å²) in [5.41, 5.74) is 0.708. The van der Waals surface area contributed by atoms with Crippen LogP contribution in [0.25, 0.3) is 0 Å². The molecule has 0 aliphatic heterocycles. The molecule has 78 valence electrons. The largest absolute Gasteiger partial charge is 0.0649 e. The van der Waals surface area contributed by atoms with Gasteiger partial charge < -0.3 is 0 Å². The van der Waals surface area contributed by atoms with E-state index < -0.39 is 0 Å². The average molecular weight is 182 g/mol. The second kappa shape index (κ2) is 5.02. The molecule has 0 N–H and O–H groups in total. The molecule has 0 amide bonds. The molecule has 13 heavy (non-hydrogen) atoms. The minimum Gasteiger partial charge on any atom is -0.0649 e. The summed E-state index contributed by atoms with van der Waals surface area (Å²) < 4.78 is 0. The van der Waals surface area contributed by atoms with Crippen molar-refractivity contribution in [2.45, 2.75) is 72.1 Å². The van der Waals surface area contributed by atoms with E-state index in [-0.39, 0.29) is 0 Å². The average Bonchev–Trinajstić information content (AvgIpc) is 2.12. The molecule has 0 radical (unpaired) electrons. The normalized spacial score (nSPS) is 29.3. The van der Waals surface area contributed by atoms with Crippen LogP contribution in [0.15, 0.2) is 0 Å². The third-order valence-electron chi connectivity index (χ3n) is 4.19. The topological polar surface area (TPSA) is 0 Å². The minimum atomic E-state index is 0.708. The first-order chi connectivity index (χ1) is 6.22. The first-order valence-corrected chi connectivity index (χ1v) is 6.22. The van der Waals surface area contributed by atoms with Gasteiger partial charge in [0.1, 0.15) is 0 Å². The summed E-state index contributed by atoms with van der Waals surface area (Å²) in [6, 6.07) is 0. The van der Waals surface area contributed by atoms with Crippen molar-refractivity contribution in [2.75, 3.05) is 0 Å². The maximum atomic E-state index is 2.45. The first-order valence-electron chi connectivity index (χ1n) is 6.22. The molecule has 1 atom stereocenters. The predicted octanol–water partition coefficient (Wildman–Crippen LogP) is 4.78. The van der Waals surface area contributed by atoms with Crippen molar-refractivity contribution in [3.63, 3.8) is 0 Å². The van der Waals surface area contributed by atoms with Crippen molar-refractivity contribution in [3.8, 4) is 0 Å². The fourth-order valence-electron chi connectivity index (χ4n) is 3.01. The van der Waals surface area contributed by atoms with Crippen molar-refractivity contribution in [1.82, 2.24) is 0 Å². The highest BCUT2D eigenvalue weighted by Crippen LogP contribution is 2.41. The molecule has 1 fully saturated rings. The van der Waals surface area contributed by atoms with Gasteiger partial charge in [0.05, 0.1) is 0 Å². The zero-order valence-electron chi connectivity index (χ0n) is 9.73. The third kappa shape index (κ3) is 3.00. The van der Waals surface area contributed by atoms with Gasteiger partial charge in [-0.15, -0.1) is 0 Å². The summed E-state index contributed by atoms with van der Waals surface area (Å²) in [6.07, 6.45) is 11.7. The van der Waals surface area contributed by atoms with E-state index in [0.717, 1.165) is 5.92 Å². The van der Waals surface area contributed by atoms with Crippen molar-refractivity contribution in [3.05, 3.63) is 0 Å². The van der Waals surface area contributed by atoms with Gasteiger partial charge in [0.2, 0.25) is 0 Å². The van der Waals surface area contributed by atoms with Crippen LogP contribution in [0.2, 0.25) is 0 Å². The number of rotatable bonds is 2. The molecule has 1 aliphatic carbocycles. The SMILES string of the molecule is CCC1(CC)CCCCCC(C)C1. The molecule has 0 nitrogen and oxygen atoms in total. The molecule has 0 aromatic carbocycles. The van der Waals surface area contributed by atoms with Gasteiger partial charge in [0.15, 0.2) is 0 Å². The van der Waals surface area contributed by atoms with E-state index in [1.807, 2.05) is 0 Å². The predicted molar refractivity (Wildman–Crippen MR) is 59.9 cm³/mol. The number of hydrogen-bond donors (Lipinski definition) is 0. The standard InChI is InChI=1S/C13H26/c1-4-13(5-2)10-8-6-7-9-12(3)11-13/h12H,4-11H2,1-3H3. The fourth-order valence-corrected chi connectivity index (χ4v) is 3.01. The van der Waals surface area contributed by atoms with Gasteiger partial charge in [-0.2, -0.15) is 0 Å². The monoisotopic (exact) mass is 182 g/mol. The van der Waals surface area contributed by atoms with E-state index in [4.69, 9.17) is 0 Å². The van der Waals surface area contributed by atoms with Crippen molar-refractivity contribution in [1.29, 1.82) is 0 Å². The molecule has 1 unspecified atom stereocenters. The summed E-state index contributed by atoms with van der Waals surface area (Å²) in [5, 5.41) is 0. The highest BCUT2D eigenvalue weighted by atomic mass is 14.3. The van der Waals surface area contributed by atoms with Crippen molar-refractivity contribution in [2.24, 2.45) is 11.3 Å². The molecule has 1 rings (SSSR count). The van der Waals surface area contributed by atoms with E-state index in [1.165, 1.54) is 51.4 Å². The number of hydrogen-bond acceptors (Lipinski definition) is 0. The van der Waals surface area contributed by atoms with Gasteiger partial charge in [-0.3, -0.25) is 0 Å². The highest BCUT2D eigenvalue weighted by molar-refractivity contribution is 4.80. The van der Waals surface area contributed by atoms with Crippen LogP contribution in [0.1, 0.15) is 72.1 Å². The summed E-state index contributed by atoms with van der Waals surface area (Å²) in [5.74, 6) is 0.972. The maximum Gasteiger partial charge on any atom is -0.0300 e. The van der Waals surface area contributed by atoms with Gasteiger partial charge in [-0.25, -0.2) is 0 Å². The summed E-state index contributed by atoms with van der Waals surface area (Å²) >= 11 is 0. The smallest absolute Gasteiger partial charge is 0.0300 e. The Balaban J connectivity index is 2.57. The van der Waals surface area contributed by atoms with E-state index in [1.54, 1.807) is 0 Å². The second-order valence-electron chi connectivity index (χ2n) is 5.12. The van der Waals surface area contributed by atoms with Crippen molar-refractivity contribution < 1.29 is 0 Å². The van der Waals surface area contributed by atoms with Gasteiger partial charge in [0, 0.05) is 0 Å². The molecule has 0 heteroatoms. The van der Waals surface area contributed by atoms with Crippen LogP contribution in [-0.4, -0.2) is 0 Å². The second-order valence-corrected chi connectivity index (χ2v) is 5.12. The molecule has 1 saturated carbocycles. The molecule has 0 aromatic rings. The Morgan fingerprint density at radius 2 is 1.77 bits per heavy atom. The Morgan fingerprint density at radius 3 is 2.38 bits per heavy atom. The van der Waals surface area contributed by atoms with Crippen LogP contribution in [0.5, 0.6) is 0 Å². The summed E-state index contributed by atoms with van der Waals surface area (Å²) in [7, 11) is 0. The zero-order valence-corrected chi connectivity index (χ0v) is 9.73. The molecule has 1 aliphatic rings. The lowest BCUT2D eigenvalue weighted by atomic mass is 9.69. The molecule has 0 heterocycles. The Labute approximate surface area is 84.1 Å². The van der Waals surface area contributed by atoms with Crippen molar-refractivity contribution >= 4 is 0 Å². The Morgan fingerprint density at radius 1 is 1.08 bits per heavy atom. The zero-order chi connectivity index (χ0) is 9.73. The van der Waals surface area contributed by atoms with Gasteiger partial charge in [0.25, 0.3) is 0 Å². The maximum absolute atomic E-state index is 2.45. The van der Waals surface area contributed by atoms with Crippen LogP contribution in [-0.2, 0) is 0 Å². The molecular formula is C13H26. The Bertz CT molecular complexity index is 133. The lowest BCUT2D eigenvalue weighted by molar-refractivity contribution is 0.158. The molecule has 0 aromatic heterocycles. The van der Waals surface area contributed by atoms with Gasteiger partial charge in [-0.05, 0) is 24.2 Å². The lowest BCUT2D eigenvalue weighted by Crippen LogP contribution is -2.23. The van der Waals surface area contributed by atoms with Crippen LogP contribution in [0.4, 0.5) is 0 Å². The summed E-state index contributed by atoms with van der Waals surface area (Å²) in [6.45, 7) is 7.22. The van der Waals surface area contributed by atoms with E-state index >= 15 is 0 Å². The van der Waals surface area contributed by atoms with Crippen LogP contribution in [0.3, 0.4) is 0 Å². The van der Waals surface area contributed by atoms with E-state index in [0.29, 0.717) is 5.41 Å². The van der Waals surface area contributed by atoms with Gasteiger partial charge in [-0.1, -0.05) is 59.3 Å². The van der Waals surface area contributed by atoms with Gasteiger partial charge >= 0.3 is 0 Å². The molecular weight excluding hydrogens is 156 g/mol. The third-order valence-corrected chi connectivity index (χ3v) is 4.19. The Hall–Kier alpha value is 0. The molecule has 0 spiro atoms. The molecule has 0 saturated heterocycles. The summed E-state index contributed by atoms with van der Waals surface area (Å²) in [4.78, 5) is 0. The van der Waals surface area contributed by atoms with E-state index in [2.05, 4.69) is 20.8 Å². The first kappa shape index (κ1) is 11.1. The lowest BCUT2D eigenvalue weighted by Gasteiger charge is -2.36. The van der Waals surface area contributed by atoms with E-state index in [9.17, 15) is 0 Å². The van der Waals surface area contributed by atoms with Crippen LogP contribution in [0, 0.1) is 11.3 Å².